The minimum absolute atomic E-state index is 0.117. The van der Waals surface area contributed by atoms with Crippen molar-refractivity contribution in [3.05, 3.63) is 136 Å². The van der Waals surface area contributed by atoms with Crippen molar-refractivity contribution in [2.24, 2.45) is 0 Å². The molecule has 1 N–H and O–H groups in total. The molecule has 5 nitrogen and oxygen atoms in total. The predicted octanol–water partition coefficient (Wildman–Crippen LogP) is 9.90. The molecule has 4 aromatic carbocycles. The van der Waals surface area contributed by atoms with E-state index in [2.05, 4.69) is 29.6 Å². The van der Waals surface area contributed by atoms with E-state index < -0.39 is 11.7 Å². The van der Waals surface area contributed by atoms with Gasteiger partial charge in [0.25, 0.3) is 11.8 Å². The van der Waals surface area contributed by atoms with Crippen LogP contribution in [-0.2, 0) is 11.6 Å². The molecule has 5 aromatic rings. The monoisotopic (exact) mass is 711 g/mol. The number of benzene rings is 4. The average Bonchev–Trinajstić information content (AvgIpc) is 3.86. The Morgan fingerprint density at radius 3 is 2.08 bits per heavy atom. The lowest BCUT2D eigenvalue weighted by Gasteiger charge is -2.31. The van der Waals surface area contributed by atoms with Crippen molar-refractivity contribution in [1.82, 2.24) is 15.2 Å². The lowest BCUT2D eigenvalue weighted by Crippen LogP contribution is -2.39. The first kappa shape index (κ1) is 34.6. The van der Waals surface area contributed by atoms with Gasteiger partial charge in [0.15, 0.2) is 0 Å². The van der Waals surface area contributed by atoms with Crippen molar-refractivity contribution in [1.29, 1.82) is 0 Å². The highest BCUT2D eigenvalue weighted by atomic mass is 32.1. The normalized spacial score (nSPS) is 16.3. The summed E-state index contributed by atoms with van der Waals surface area (Å²) in [6, 6.07) is 26.7. The van der Waals surface area contributed by atoms with Crippen molar-refractivity contribution < 1.29 is 27.2 Å². The minimum Gasteiger partial charge on any atom is -0.350 e. The SMILES string of the molecule is O=C(NCC1(c2ccc(-c3ccc(F)cc3)cc2)CCCC1)c1csc(C2CCN(C(=O)c3ccccc3-c3ccc(C(F)(F)F)cc3)CC2)n1. The first-order chi connectivity index (χ1) is 24.6. The number of alkyl halides is 3. The standard InChI is InChI=1S/C41H37F4N3O2S/c42-33-17-11-28(12-18-33)27-7-13-31(14-8-27)40(21-3-4-22-40)26-46-37(49)36-25-51-38(47-36)30-19-23-48(24-20-30)39(50)35-6-2-1-5-34(35)29-9-15-32(16-10-29)41(43,44)45/h1-2,5-18,25,30H,3-4,19-24,26H2,(H,46,49). The topological polar surface area (TPSA) is 62.3 Å². The van der Waals surface area contributed by atoms with Gasteiger partial charge in [0.05, 0.1) is 10.6 Å². The molecule has 51 heavy (non-hydrogen) atoms. The van der Waals surface area contributed by atoms with Crippen LogP contribution < -0.4 is 5.32 Å². The van der Waals surface area contributed by atoms with E-state index in [1.165, 1.54) is 41.2 Å². The Labute approximate surface area is 298 Å². The van der Waals surface area contributed by atoms with Crippen molar-refractivity contribution >= 4 is 23.2 Å². The molecule has 0 bridgehead atoms. The zero-order valence-electron chi connectivity index (χ0n) is 27.9. The van der Waals surface area contributed by atoms with Crippen LogP contribution in [0.1, 0.15) is 81.4 Å². The molecular weight excluding hydrogens is 675 g/mol. The maximum absolute atomic E-state index is 13.6. The molecule has 1 aromatic heterocycles. The number of carbonyl (C=O) groups is 2. The zero-order valence-corrected chi connectivity index (χ0v) is 28.7. The van der Waals surface area contributed by atoms with Gasteiger partial charge in [0, 0.05) is 41.9 Å². The fourth-order valence-corrected chi connectivity index (χ4v) is 8.43. The van der Waals surface area contributed by atoms with E-state index in [9.17, 15) is 27.2 Å². The Balaban J connectivity index is 0.961. The van der Waals surface area contributed by atoms with Crippen LogP contribution in [0.2, 0.25) is 0 Å². The maximum Gasteiger partial charge on any atom is 0.416 e. The molecule has 10 heteroatoms. The largest absolute Gasteiger partial charge is 0.416 e. The second kappa shape index (κ2) is 14.4. The van der Waals surface area contributed by atoms with E-state index in [0.717, 1.165) is 54.0 Å². The van der Waals surface area contributed by atoms with E-state index in [-0.39, 0.29) is 29.0 Å². The Kier molecular flexibility index (Phi) is 9.79. The zero-order chi connectivity index (χ0) is 35.6. The Hall–Kier alpha value is -4.83. The molecule has 7 rings (SSSR count). The van der Waals surface area contributed by atoms with Crippen LogP contribution in [-0.4, -0.2) is 41.3 Å². The van der Waals surface area contributed by atoms with E-state index in [0.29, 0.717) is 54.9 Å². The Bertz CT molecular complexity index is 1990. The van der Waals surface area contributed by atoms with Crippen molar-refractivity contribution in [3.63, 3.8) is 0 Å². The van der Waals surface area contributed by atoms with Gasteiger partial charge in [0.2, 0.25) is 0 Å². The summed E-state index contributed by atoms with van der Waals surface area (Å²) in [5.74, 6) is -0.499. The summed E-state index contributed by atoms with van der Waals surface area (Å²) >= 11 is 1.47. The summed E-state index contributed by atoms with van der Waals surface area (Å²) in [5, 5.41) is 5.86. The number of aromatic nitrogens is 1. The van der Waals surface area contributed by atoms with Crippen LogP contribution in [0.4, 0.5) is 17.6 Å². The molecule has 0 radical (unpaired) electrons. The number of rotatable bonds is 8. The van der Waals surface area contributed by atoms with E-state index in [1.54, 1.807) is 46.7 Å². The number of hydrogen-bond donors (Lipinski definition) is 1. The van der Waals surface area contributed by atoms with Gasteiger partial charge in [-0.25, -0.2) is 9.37 Å². The number of amides is 2. The number of carbonyl (C=O) groups excluding carboxylic acids is 2. The molecular formula is C41H37F4N3O2S. The predicted molar refractivity (Wildman–Crippen MR) is 191 cm³/mol. The quantitative estimate of drug-likeness (QED) is 0.163. The maximum atomic E-state index is 13.6. The van der Waals surface area contributed by atoms with E-state index in [1.807, 2.05) is 0 Å². The molecule has 2 heterocycles. The first-order valence-electron chi connectivity index (χ1n) is 17.3. The number of nitrogens with zero attached hydrogens (tertiary/aromatic N) is 2. The van der Waals surface area contributed by atoms with Crippen LogP contribution in [0.5, 0.6) is 0 Å². The molecule has 1 saturated carbocycles. The molecule has 0 spiro atoms. The van der Waals surface area contributed by atoms with Gasteiger partial charge in [-0.1, -0.05) is 79.6 Å². The molecule has 2 aliphatic rings. The molecule has 262 valence electrons. The summed E-state index contributed by atoms with van der Waals surface area (Å²) in [5.41, 5.74) is 4.27. The smallest absolute Gasteiger partial charge is 0.350 e. The summed E-state index contributed by atoms with van der Waals surface area (Å²) in [6.45, 7) is 1.53. The van der Waals surface area contributed by atoms with Gasteiger partial charge in [-0.05, 0) is 83.8 Å². The second-order valence-corrected chi connectivity index (χ2v) is 14.4. The number of nitrogens with one attached hydrogen (secondary N) is 1. The summed E-state index contributed by atoms with van der Waals surface area (Å²) in [4.78, 5) is 33.5. The molecule has 1 aliphatic heterocycles. The number of piperidine rings is 1. The second-order valence-electron chi connectivity index (χ2n) is 13.5. The molecule has 0 atom stereocenters. The van der Waals surface area contributed by atoms with Crippen molar-refractivity contribution in [3.8, 4) is 22.3 Å². The Morgan fingerprint density at radius 1 is 0.824 bits per heavy atom. The lowest BCUT2D eigenvalue weighted by atomic mass is 9.78. The van der Waals surface area contributed by atoms with Gasteiger partial charge in [-0.2, -0.15) is 13.2 Å². The summed E-state index contributed by atoms with van der Waals surface area (Å²) in [6.07, 6.45) is 1.12. The summed E-state index contributed by atoms with van der Waals surface area (Å²) < 4.78 is 52.7. The molecule has 1 saturated heterocycles. The van der Waals surface area contributed by atoms with Gasteiger partial charge in [-0.15, -0.1) is 11.3 Å². The minimum atomic E-state index is -4.43. The van der Waals surface area contributed by atoms with Crippen LogP contribution >= 0.6 is 11.3 Å². The number of thiazole rings is 1. The van der Waals surface area contributed by atoms with Gasteiger partial charge in [-0.3, -0.25) is 9.59 Å². The molecule has 2 fully saturated rings. The Morgan fingerprint density at radius 2 is 1.43 bits per heavy atom. The van der Waals surface area contributed by atoms with E-state index >= 15 is 0 Å². The third-order valence-electron chi connectivity index (χ3n) is 10.4. The third-order valence-corrected chi connectivity index (χ3v) is 11.4. The highest BCUT2D eigenvalue weighted by molar-refractivity contribution is 7.09. The number of likely N-dealkylation sites (tertiary alicyclic amines) is 1. The fourth-order valence-electron chi connectivity index (χ4n) is 7.46. The highest BCUT2D eigenvalue weighted by Crippen LogP contribution is 2.41. The van der Waals surface area contributed by atoms with Crippen LogP contribution in [0.15, 0.2) is 102 Å². The molecule has 0 unspecified atom stereocenters. The highest BCUT2D eigenvalue weighted by Gasteiger charge is 2.36. The molecule has 1 aliphatic carbocycles. The third kappa shape index (κ3) is 7.47. The lowest BCUT2D eigenvalue weighted by molar-refractivity contribution is -0.137. The first-order valence-corrected chi connectivity index (χ1v) is 18.1. The van der Waals surface area contributed by atoms with Gasteiger partial charge in [0.1, 0.15) is 11.5 Å². The van der Waals surface area contributed by atoms with E-state index in [4.69, 9.17) is 4.98 Å². The van der Waals surface area contributed by atoms with Gasteiger partial charge < -0.3 is 10.2 Å². The summed E-state index contributed by atoms with van der Waals surface area (Å²) in [7, 11) is 0. The fraction of sp³-hybridized carbons (Fsp3) is 0.293. The van der Waals surface area contributed by atoms with Crippen LogP contribution in [0.3, 0.4) is 0 Å². The van der Waals surface area contributed by atoms with Crippen LogP contribution in [0, 0.1) is 5.82 Å². The average molecular weight is 712 g/mol. The van der Waals surface area contributed by atoms with Crippen molar-refractivity contribution in [2.45, 2.75) is 56.0 Å². The van der Waals surface area contributed by atoms with Gasteiger partial charge >= 0.3 is 6.18 Å². The van der Waals surface area contributed by atoms with Crippen molar-refractivity contribution in [2.75, 3.05) is 19.6 Å². The number of hydrogen-bond acceptors (Lipinski definition) is 4. The molecule has 2 amide bonds. The van der Waals surface area contributed by atoms with Crippen LogP contribution in [0.25, 0.3) is 22.3 Å². The number of halogens is 4.